The summed E-state index contributed by atoms with van der Waals surface area (Å²) >= 11 is 0. The molecule has 2 aromatic rings. The second kappa shape index (κ2) is 8.40. The quantitative estimate of drug-likeness (QED) is 0.643. The Morgan fingerprint density at radius 2 is 1.03 bits per heavy atom. The maximum absolute atomic E-state index is 10.3. The van der Waals surface area contributed by atoms with E-state index in [1.165, 1.54) is 0 Å². The molecular weight excluding hydrogens is 360 g/mol. The Bertz CT molecular complexity index is 865. The average Bonchev–Trinajstić information content (AvgIpc) is 2.59. The van der Waals surface area contributed by atoms with Crippen molar-refractivity contribution in [2.24, 2.45) is 9.98 Å². The van der Waals surface area contributed by atoms with Crippen LogP contribution in [-0.4, -0.2) is 29.3 Å². The third kappa shape index (κ3) is 5.69. The van der Waals surface area contributed by atoms with Gasteiger partial charge in [-0.3, -0.25) is 9.98 Å². The number of rotatable bonds is 4. The van der Waals surface area contributed by atoms with Gasteiger partial charge in [0.2, 0.25) is 0 Å². The van der Waals surface area contributed by atoms with Crippen molar-refractivity contribution in [2.75, 3.05) is 6.67 Å². The Morgan fingerprint density at radius 3 is 1.34 bits per heavy atom. The van der Waals surface area contributed by atoms with E-state index < -0.39 is 0 Å². The van der Waals surface area contributed by atoms with Crippen LogP contribution in [-0.2, 0) is 10.8 Å². The summed E-state index contributed by atoms with van der Waals surface area (Å²) in [6, 6.07) is 7.96. The minimum absolute atomic E-state index is 0.00728. The molecule has 2 aromatic carbocycles. The molecule has 4 nitrogen and oxygen atoms in total. The van der Waals surface area contributed by atoms with Crippen molar-refractivity contribution in [3.05, 3.63) is 57.6 Å². The molecule has 0 bridgehead atoms. The largest absolute Gasteiger partial charge is 0.507 e. The van der Waals surface area contributed by atoms with Gasteiger partial charge in [0.05, 0.1) is 0 Å². The Labute approximate surface area is 175 Å². The van der Waals surface area contributed by atoms with Gasteiger partial charge in [0, 0.05) is 23.6 Å². The molecule has 0 fully saturated rings. The molecule has 0 heterocycles. The number of phenols is 2. The van der Waals surface area contributed by atoms with Gasteiger partial charge < -0.3 is 10.2 Å². The minimum atomic E-state index is -0.00728. The Morgan fingerprint density at radius 1 is 0.690 bits per heavy atom. The molecule has 29 heavy (non-hydrogen) atoms. The zero-order chi connectivity index (χ0) is 22.0. The van der Waals surface area contributed by atoms with E-state index in [1.807, 2.05) is 38.1 Å². The number of aromatic hydroxyl groups is 2. The zero-order valence-corrected chi connectivity index (χ0v) is 19.0. The van der Waals surface area contributed by atoms with Gasteiger partial charge in [-0.25, -0.2) is 0 Å². The van der Waals surface area contributed by atoms with E-state index in [2.05, 4.69) is 51.5 Å². The first-order valence-corrected chi connectivity index (χ1v) is 9.98. The molecule has 0 amide bonds. The van der Waals surface area contributed by atoms with E-state index in [1.54, 1.807) is 12.4 Å². The summed E-state index contributed by atoms with van der Waals surface area (Å²) < 4.78 is 0. The summed E-state index contributed by atoms with van der Waals surface area (Å²) in [5.74, 6) is 0.494. The van der Waals surface area contributed by atoms with Crippen LogP contribution in [0, 0.1) is 13.8 Å². The van der Waals surface area contributed by atoms with Crippen LogP contribution in [0.15, 0.2) is 34.3 Å². The van der Waals surface area contributed by atoms with Gasteiger partial charge in [-0.2, -0.15) is 0 Å². The van der Waals surface area contributed by atoms with Crippen LogP contribution < -0.4 is 0 Å². The van der Waals surface area contributed by atoms with Crippen LogP contribution in [0.4, 0.5) is 0 Å². The van der Waals surface area contributed by atoms with E-state index >= 15 is 0 Å². The number of aliphatic imine (C=N–C) groups is 2. The number of hydrogen-bond acceptors (Lipinski definition) is 4. The molecule has 4 heteroatoms. The van der Waals surface area contributed by atoms with E-state index in [0.717, 1.165) is 22.3 Å². The smallest absolute Gasteiger partial charge is 0.129 e. The summed E-state index contributed by atoms with van der Waals surface area (Å²) in [5, 5.41) is 20.7. The predicted octanol–water partition coefficient (Wildman–Crippen LogP) is 5.81. The van der Waals surface area contributed by atoms with Gasteiger partial charge in [0.25, 0.3) is 0 Å². The molecule has 0 aliphatic rings. The van der Waals surface area contributed by atoms with Crippen LogP contribution in [0.2, 0.25) is 0 Å². The van der Waals surface area contributed by atoms with E-state index in [9.17, 15) is 10.2 Å². The highest BCUT2D eigenvalue weighted by atomic mass is 16.3. The molecule has 0 unspecified atom stereocenters. The van der Waals surface area contributed by atoms with Gasteiger partial charge in [0.15, 0.2) is 0 Å². The van der Waals surface area contributed by atoms with Crippen molar-refractivity contribution < 1.29 is 10.2 Å². The monoisotopic (exact) mass is 394 g/mol. The van der Waals surface area contributed by atoms with Crippen molar-refractivity contribution in [1.82, 2.24) is 0 Å². The normalized spacial score (nSPS) is 13.0. The van der Waals surface area contributed by atoms with Crippen LogP contribution in [0.5, 0.6) is 11.5 Å². The van der Waals surface area contributed by atoms with Crippen LogP contribution in [0.1, 0.15) is 74.9 Å². The van der Waals surface area contributed by atoms with Crippen molar-refractivity contribution in [3.63, 3.8) is 0 Å². The van der Waals surface area contributed by atoms with Crippen molar-refractivity contribution in [3.8, 4) is 11.5 Å². The van der Waals surface area contributed by atoms with Crippen molar-refractivity contribution in [1.29, 1.82) is 0 Å². The first-order chi connectivity index (χ1) is 13.3. The number of aryl methyl sites for hydroxylation is 2. The lowest BCUT2D eigenvalue weighted by atomic mass is 9.85. The number of nitrogens with zero attached hydrogens (tertiary/aromatic N) is 2. The second-order valence-corrected chi connectivity index (χ2v) is 9.73. The molecule has 0 atom stereocenters. The molecule has 0 saturated carbocycles. The summed E-state index contributed by atoms with van der Waals surface area (Å²) in [4.78, 5) is 8.68. The minimum Gasteiger partial charge on any atom is -0.507 e. The van der Waals surface area contributed by atoms with Crippen LogP contribution >= 0.6 is 0 Å². The first-order valence-electron chi connectivity index (χ1n) is 9.98. The maximum Gasteiger partial charge on any atom is 0.129 e. The number of phenolic OH excluding ortho intramolecular Hbond substituents is 2. The summed E-state index contributed by atoms with van der Waals surface area (Å²) in [7, 11) is 0. The molecule has 0 radical (unpaired) electrons. The van der Waals surface area contributed by atoms with E-state index in [4.69, 9.17) is 0 Å². The molecule has 2 rings (SSSR count). The molecule has 0 spiro atoms. The lowest BCUT2D eigenvalue weighted by molar-refractivity contribution is 0.468. The fourth-order valence-electron chi connectivity index (χ4n) is 3.00. The molecule has 0 aliphatic carbocycles. The standard InChI is InChI=1S/C25H34N2O2/c1-16-9-20(24(3,4)5)11-18(22(16)28)13-26-15-27-14-19-12-21(25(6,7)8)10-17(2)23(19)29/h9-14,28-29H,15H2,1-8H3. The topological polar surface area (TPSA) is 65.2 Å². The summed E-state index contributed by atoms with van der Waals surface area (Å²) in [6.07, 6.45) is 3.32. The second-order valence-electron chi connectivity index (χ2n) is 9.73. The molecule has 0 aromatic heterocycles. The third-order valence-electron chi connectivity index (χ3n) is 5.02. The van der Waals surface area contributed by atoms with Crippen LogP contribution in [0.25, 0.3) is 0 Å². The summed E-state index contributed by atoms with van der Waals surface area (Å²) in [5.41, 5.74) is 5.34. The van der Waals surface area contributed by atoms with Gasteiger partial charge in [-0.05, 0) is 59.1 Å². The van der Waals surface area contributed by atoms with Gasteiger partial charge in [0.1, 0.15) is 18.2 Å². The highest BCUT2D eigenvalue weighted by Crippen LogP contribution is 2.31. The molecule has 156 valence electrons. The molecule has 0 saturated heterocycles. The molecular formula is C25H34N2O2. The van der Waals surface area contributed by atoms with Gasteiger partial charge >= 0.3 is 0 Å². The lowest BCUT2D eigenvalue weighted by Crippen LogP contribution is -2.12. The SMILES string of the molecule is Cc1cc(C(C)(C)C)cc(C=NCN=Cc2cc(C(C)(C)C)cc(C)c2O)c1O. The summed E-state index contributed by atoms with van der Waals surface area (Å²) in [6.45, 7) is 16.9. The number of hydrogen-bond donors (Lipinski definition) is 2. The fourth-order valence-corrected chi connectivity index (χ4v) is 3.00. The first kappa shape index (κ1) is 22.7. The maximum atomic E-state index is 10.3. The van der Waals surface area contributed by atoms with Gasteiger partial charge in [-0.1, -0.05) is 53.7 Å². The highest BCUT2D eigenvalue weighted by molar-refractivity contribution is 5.86. The molecule has 0 aliphatic heterocycles. The van der Waals surface area contributed by atoms with Crippen LogP contribution in [0.3, 0.4) is 0 Å². The number of benzene rings is 2. The Hall–Kier alpha value is -2.62. The highest BCUT2D eigenvalue weighted by Gasteiger charge is 2.17. The average molecular weight is 395 g/mol. The zero-order valence-electron chi connectivity index (χ0n) is 19.0. The predicted molar refractivity (Wildman–Crippen MR) is 123 cm³/mol. The van der Waals surface area contributed by atoms with Crippen molar-refractivity contribution >= 4 is 12.4 Å². The molecule has 2 N–H and O–H groups in total. The Kier molecular flexibility index (Phi) is 6.56. The fraction of sp³-hybridized carbons (Fsp3) is 0.440. The lowest BCUT2D eigenvalue weighted by Gasteiger charge is -2.21. The van der Waals surface area contributed by atoms with E-state index in [-0.39, 0.29) is 29.0 Å². The Balaban J connectivity index is 2.21. The van der Waals surface area contributed by atoms with Gasteiger partial charge in [-0.15, -0.1) is 0 Å². The van der Waals surface area contributed by atoms with Crippen molar-refractivity contribution in [2.45, 2.75) is 66.2 Å². The van der Waals surface area contributed by atoms with E-state index in [0.29, 0.717) is 11.1 Å². The third-order valence-corrected chi connectivity index (χ3v) is 5.02.